The van der Waals surface area contributed by atoms with Crippen LogP contribution in [-0.2, 0) is 65.4 Å². The van der Waals surface area contributed by atoms with Gasteiger partial charge in [-0.1, -0.05) is 409 Å². The molecular formula is C88H172O17P2. The van der Waals surface area contributed by atoms with Crippen LogP contribution in [0.25, 0.3) is 0 Å². The first kappa shape index (κ1) is 105. The quantitative estimate of drug-likeness (QED) is 0.0222. The third-order valence-corrected chi connectivity index (χ3v) is 23.2. The summed E-state index contributed by atoms with van der Waals surface area (Å²) in [7, 11) is -9.93. The Kier molecular flexibility index (Phi) is 75.3. The van der Waals surface area contributed by atoms with E-state index < -0.39 is 97.5 Å². The molecule has 0 aliphatic rings. The second-order valence-corrected chi connectivity index (χ2v) is 36.0. The summed E-state index contributed by atoms with van der Waals surface area (Å²) in [5.74, 6) is 1.08. The monoisotopic (exact) mass is 1560 g/mol. The second-order valence-electron chi connectivity index (χ2n) is 33.1. The fourth-order valence-corrected chi connectivity index (χ4v) is 15.2. The summed E-state index contributed by atoms with van der Waals surface area (Å²) in [6.45, 7) is 14.3. The van der Waals surface area contributed by atoms with Gasteiger partial charge < -0.3 is 33.8 Å². The van der Waals surface area contributed by atoms with E-state index in [1.54, 1.807) is 0 Å². The molecule has 0 rings (SSSR count). The van der Waals surface area contributed by atoms with Crippen molar-refractivity contribution >= 4 is 39.5 Å². The summed E-state index contributed by atoms with van der Waals surface area (Å²) < 4.78 is 68.9. The number of hydrogen-bond donors (Lipinski definition) is 3. The molecule has 19 heteroatoms. The number of carbonyl (C=O) groups excluding carboxylic acids is 4. The van der Waals surface area contributed by atoms with Gasteiger partial charge in [-0.25, -0.2) is 9.13 Å². The summed E-state index contributed by atoms with van der Waals surface area (Å²) in [4.78, 5) is 73.2. The smallest absolute Gasteiger partial charge is 0.462 e. The molecule has 0 aromatic heterocycles. The van der Waals surface area contributed by atoms with Crippen LogP contribution in [0.15, 0.2) is 0 Å². The van der Waals surface area contributed by atoms with E-state index in [2.05, 4.69) is 55.4 Å². The van der Waals surface area contributed by atoms with Crippen molar-refractivity contribution in [1.29, 1.82) is 0 Å². The zero-order chi connectivity index (χ0) is 78.8. The molecule has 0 saturated heterocycles. The second kappa shape index (κ2) is 76.7. The van der Waals surface area contributed by atoms with Gasteiger partial charge >= 0.3 is 39.5 Å². The first-order valence-electron chi connectivity index (χ1n) is 45.3. The lowest BCUT2D eigenvalue weighted by Crippen LogP contribution is -2.30. The molecule has 0 spiro atoms. The Bertz CT molecular complexity index is 2080. The Morgan fingerprint density at radius 3 is 0.664 bits per heavy atom. The van der Waals surface area contributed by atoms with Gasteiger partial charge in [0, 0.05) is 25.7 Å². The van der Waals surface area contributed by atoms with Crippen LogP contribution in [0.5, 0.6) is 0 Å². The number of phosphoric ester groups is 2. The van der Waals surface area contributed by atoms with Crippen molar-refractivity contribution in [2.45, 2.75) is 478 Å². The molecule has 636 valence electrons. The number of hydrogen-bond acceptors (Lipinski definition) is 15. The number of aliphatic hydroxyl groups is 1. The van der Waals surface area contributed by atoms with Crippen molar-refractivity contribution in [3.05, 3.63) is 0 Å². The van der Waals surface area contributed by atoms with Gasteiger partial charge in [0.05, 0.1) is 26.4 Å². The molecule has 0 heterocycles. The van der Waals surface area contributed by atoms with Crippen molar-refractivity contribution in [3.63, 3.8) is 0 Å². The lowest BCUT2D eigenvalue weighted by Gasteiger charge is -2.21. The summed E-state index contributed by atoms with van der Waals surface area (Å²) in [6, 6.07) is 0. The van der Waals surface area contributed by atoms with Crippen molar-refractivity contribution in [2.24, 2.45) is 23.7 Å². The lowest BCUT2D eigenvalue weighted by molar-refractivity contribution is -0.161. The van der Waals surface area contributed by atoms with Crippen LogP contribution in [0.3, 0.4) is 0 Å². The third-order valence-electron chi connectivity index (χ3n) is 21.3. The maximum atomic E-state index is 13.1. The highest BCUT2D eigenvalue weighted by molar-refractivity contribution is 7.47. The lowest BCUT2D eigenvalue weighted by atomic mass is 9.99. The van der Waals surface area contributed by atoms with Crippen molar-refractivity contribution in [1.82, 2.24) is 0 Å². The van der Waals surface area contributed by atoms with E-state index in [1.165, 1.54) is 257 Å². The molecule has 0 bridgehead atoms. The van der Waals surface area contributed by atoms with E-state index in [0.717, 1.165) is 114 Å². The van der Waals surface area contributed by atoms with Crippen LogP contribution in [0, 0.1) is 23.7 Å². The first-order valence-corrected chi connectivity index (χ1v) is 48.3. The van der Waals surface area contributed by atoms with E-state index >= 15 is 0 Å². The molecule has 0 fully saturated rings. The fraction of sp³-hybridized carbons (Fsp3) is 0.955. The minimum Gasteiger partial charge on any atom is -0.462 e. The highest BCUT2D eigenvalue weighted by Crippen LogP contribution is 2.45. The van der Waals surface area contributed by atoms with Crippen LogP contribution in [0.2, 0.25) is 0 Å². The third kappa shape index (κ3) is 79.1. The van der Waals surface area contributed by atoms with E-state index in [-0.39, 0.29) is 25.7 Å². The zero-order valence-electron chi connectivity index (χ0n) is 70.8. The molecule has 107 heavy (non-hydrogen) atoms. The highest BCUT2D eigenvalue weighted by atomic mass is 31.2. The molecule has 0 amide bonds. The Balaban J connectivity index is 5.14. The normalized spacial score (nSPS) is 14.4. The van der Waals surface area contributed by atoms with Gasteiger partial charge in [-0.05, 0) is 49.4 Å². The Morgan fingerprint density at radius 2 is 0.449 bits per heavy atom. The van der Waals surface area contributed by atoms with Crippen LogP contribution in [0.1, 0.15) is 460 Å². The molecule has 0 aliphatic carbocycles. The van der Waals surface area contributed by atoms with Gasteiger partial charge in [0.2, 0.25) is 0 Å². The maximum absolute atomic E-state index is 13.1. The molecule has 0 aromatic carbocycles. The topological polar surface area (TPSA) is 237 Å². The average molecular weight is 1560 g/mol. The number of phosphoric acid groups is 2. The Labute approximate surface area is 658 Å². The molecule has 0 radical (unpaired) electrons. The van der Waals surface area contributed by atoms with Gasteiger partial charge in [0.25, 0.3) is 0 Å². The molecule has 0 aromatic rings. The first-order chi connectivity index (χ1) is 51.7. The number of carbonyl (C=O) groups is 4. The van der Waals surface area contributed by atoms with E-state index in [4.69, 9.17) is 37.0 Å². The van der Waals surface area contributed by atoms with Gasteiger partial charge in [-0.15, -0.1) is 0 Å². The molecule has 0 saturated carbocycles. The molecular weight excluding hydrogens is 1390 g/mol. The molecule has 4 unspecified atom stereocenters. The van der Waals surface area contributed by atoms with Gasteiger partial charge in [0.15, 0.2) is 12.2 Å². The van der Waals surface area contributed by atoms with E-state index in [9.17, 15) is 43.2 Å². The summed E-state index contributed by atoms with van der Waals surface area (Å²) in [6.07, 6.45) is 66.9. The van der Waals surface area contributed by atoms with E-state index in [1.807, 2.05) is 0 Å². The maximum Gasteiger partial charge on any atom is 0.472 e. The molecule has 17 nitrogen and oxygen atoms in total. The van der Waals surface area contributed by atoms with Crippen molar-refractivity contribution < 1.29 is 80.2 Å². The molecule has 0 aliphatic heterocycles. The van der Waals surface area contributed by atoms with Crippen molar-refractivity contribution in [3.8, 4) is 0 Å². The summed E-state index contributed by atoms with van der Waals surface area (Å²) in [5, 5.41) is 10.7. The summed E-state index contributed by atoms with van der Waals surface area (Å²) >= 11 is 0. The van der Waals surface area contributed by atoms with Crippen LogP contribution < -0.4 is 0 Å². The molecule has 3 N–H and O–H groups in total. The number of ether oxygens (including phenoxy) is 4. The average Bonchev–Trinajstić information content (AvgIpc) is 0.900. The SMILES string of the molecule is CCC(C)CCCCCCCCCCCCCCCCCCCCC(=O)OC[C@H](COP(=O)(O)OC[C@@H](O)COP(=O)(O)OC[C@@H](COC(=O)CCCCCCCCC(C)C)OC(=O)CCCCCCCCCCCCCCCCCCCCC(C)CC)OC(=O)CCCCCCCCCCCCCC(C)C. The number of unbranched alkanes of at least 4 members (excludes halogenated alkanes) is 49. The Morgan fingerprint density at radius 1 is 0.262 bits per heavy atom. The van der Waals surface area contributed by atoms with E-state index in [0.29, 0.717) is 31.6 Å². The largest absolute Gasteiger partial charge is 0.472 e. The highest BCUT2D eigenvalue weighted by Gasteiger charge is 2.31. The standard InChI is InChI=1S/C88H172O17P2/c1-9-80(7)66-58-50-41-35-29-23-19-15-11-13-17-21-25-31-37-43-52-60-68-85(90)98-74-83(104-88(93)71-63-55-45-39-33-27-28-34-40-48-56-64-78(3)4)76-102-106(94,95)100-72-82(89)73-101-107(96,97)103-77-84(75-99-86(91)69-61-53-47-46-49-57-65-79(5)6)105-87(92)70-62-54-44-38-32-26-22-18-14-12-16-20-24-30-36-42-51-59-67-81(8)10-2/h78-84,89H,9-77H2,1-8H3,(H,94,95)(H,96,97)/t80?,81?,82-,83-,84-/m1/s1. The van der Waals surface area contributed by atoms with Crippen LogP contribution >= 0.6 is 15.6 Å². The van der Waals surface area contributed by atoms with Crippen LogP contribution in [-0.4, -0.2) is 96.7 Å². The number of esters is 4. The number of rotatable bonds is 85. The fourth-order valence-electron chi connectivity index (χ4n) is 13.6. The predicted molar refractivity (Wildman–Crippen MR) is 441 cm³/mol. The number of aliphatic hydroxyl groups excluding tert-OH is 1. The van der Waals surface area contributed by atoms with Crippen molar-refractivity contribution in [2.75, 3.05) is 39.6 Å². The van der Waals surface area contributed by atoms with Gasteiger partial charge in [0.1, 0.15) is 19.3 Å². The zero-order valence-corrected chi connectivity index (χ0v) is 72.6. The van der Waals surface area contributed by atoms with Crippen LogP contribution in [0.4, 0.5) is 0 Å². The minimum atomic E-state index is -4.97. The Hall–Kier alpha value is -1.94. The predicted octanol–water partition coefficient (Wildman–Crippen LogP) is 26.7. The van der Waals surface area contributed by atoms with Gasteiger partial charge in [-0.3, -0.25) is 37.3 Å². The minimum absolute atomic E-state index is 0.107. The summed E-state index contributed by atoms with van der Waals surface area (Å²) in [5.41, 5.74) is 0. The van der Waals surface area contributed by atoms with Gasteiger partial charge in [-0.2, -0.15) is 0 Å². The molecule has 7 atom stereocenters.